The third-order valence-corrected chi connectivity index (χ3v) is 1.93. The third kappa shape index (κ3) is 1.46. The van der Waals surface area contributed by atoms with Gasteiger partial charge in [0.1, 0.15) is 7.11 Å². The average molecular weight is 189 g/mol. The van der Waals surface area contributed by atoms with Crippen LogP contribution in [0, 0.1) is 6.92 Å². The molecule has 0 saturated heterocycles. The Balaban J connectivity index is 3.24. The van der Waals surface area contributed by atoms with E-state index in [1.54, 1.807) is 31.2 Å². The van der Waals surface area contributed by atoms with Crippen molar-refractivity contribution in [3.63, 3.8) is 0 Å². The lowest BCUT2D eigenvalue weighted by molar-refractivity contribution is -0.889. The fourth-order valence-corrected chi connectivity index (χ4v) is 1.31. The molecule has 66 valence electrons. The van der Waals surface area contributed by atoms with E-state index in [4.69, 9.17) is 21.2 Å². The molecule has 1 heterocycles. The molecule has 0 aliphatic rings. The van der Waals surface area contributed by atoms with Gasteiger partial charge in [-0.3, -0.25) is 4.84 Å². The van der Waals surface area contributed by atoms with E-state index in [1.165, 1.54) is 0 Å². The number of ether oxygens (including phenoxy) is 1. The second kappa shape index (κ2) is 3.63. The van der Waals surface area contributed by atoms with E-state index < -0.39 is 0 Å². The van der Waals surface area contributed by atoms with Gasteiger partial charge < -0.3 is 4.74 Å². The van der Waals surface area contributed by atoms with E-state index in [-0.39, 0.29) is 0 Å². The molecular weight excluding hydrogens is 178 g/mol. The van der Waals surface area contributed by atoms with E-state index in [9.17, 15) is 0 Å². The predicted octanol–water partition coefficient (Wildman–Crippen LogP) is 1.00. The number of hydrogen-bond donors (Lipinski definition) is 0. The summed E-state index contributed by atoms with van der Waals surface area (Å²) in [6.45, 7) is 1.87. The van der Waals surface area contributed by atoms with E-state index in [1.807, 2.05) is 6.92 Å². The first-order valence-electron chi connectivity index (χ1n) is 3.50. The molecule has 0 aromatic carbocycles. The number of rotatable bonds is 2. The van der Waals surface area contributed by atoms with Crippen LogP contribution < -0.4 is 14.3 Å². The maximum Gasteiger partial charge on any atom is 0.274 e. The second-order valence-electron chi connectivity index (χ2n) is 2.29. The molecule has 0 spiro atoms. The maximum absolute atomic E-state index is 5.86. The van der Waals surface area contributed by atoms with Gasteiger partial charge >= 0.3 is 0 Å². The van der Waals surface area contributed by atoms with Crippen molar-refractivity contribution in [3.8, 4) is 5.75 Å². The zero-order valence-corrected chi connectivity index (χ0v) is 8.05. The number of aromatic nitrogens is 1. The van der Waals surface area contributed by atoms with Gasteiger partial charge in [-0.05, 0) is 0 Å². The Morgan fingerprint density at radius 2 is 2.08 bits per heavy atom. The molecule has 4 heteroatoms. The fourth-order valence-electron chi connectivity index (χ4n) is 1.04. The first kappa shape index (κ1) is 9.13. The summed E-state index contributed by atoms with van der Waals surface area (Å²) in [6.07, 6.45) is 1.74. The minimum absolute atomic E-state index is 0.586. The van der Waals surface area contributed by atoms with E-state index >= 15 is 0 Å². The van der Waals surface area contributed by atoms with E-state index in [0.29, 0.717) is 10.8 Å². The highest BCUT2D eigenvalue weighted by Gasteiger charge is 2.16. The van der Waals surface area contributed by atoms with Crippen LogP contribution in [0.4, 0.5) is 0 Å². The maximum atomic E-state index is 5.86. The number of hydrogen-bond acceptors (Lipinski definition) is 2. The molecule has 0 amide bonds. The van der Waals surface area contributed by atoms with Gasteiger partial charge in [0.15, 0.2) is 0 Å². The predicted molar refractivity (Wildman–Crippen MR) is 45.4 cm³/mol. The van der Waals surface area contributed by atoms with Crippen LogP contribution in [0.2, 0.25) is 5.02 Å². The highest BCUT2D eigenvalue weighted by Crippen LogP contribution is 2.24. The molecule has 1 aromatic heterocycles. The molecule has 1 rings (SSSR count). The van der Waals surface area contributed by atoms with Gasteiger partial charge in [-0.25, -0.2) is 0 Å². The topological polar surface area (TPSA) is 22.3 Å². The highest BCUT2D eigenvalue weighted by atomic mass is 35.5. The average Bonchev–Trinajstić information content (AvgIpc) is 2.06. The lowest BCUT2D eigenvalue weighted by Crippen LogP contribution is -2.43. The van der Waals surface area contributed by atoms with Gasteiger partial charge in [0.05, 0.1) is 12.1 Å². The van der Waals surface area contributed by atoms with Gasteiger partial charge in [-0.2, -0.15) is 0 Å². The molecule has 0 fully saturated rings. The molecule has 0 atom stereocenters. The van der Waals surface area contributed by atoms with Gasteiger partial charge in [0.25, 0.3) is 5.69 Å². The van der Waals surface area contributed by atoms with Crippen molar-refractivity contribution >= 4 is 11.6 Å². The van der Waals surface area contributed by atoms with Crippen molar-refractivity contribution in [3.05, 3.63) is 23.0 Å². The van der Waals surface area contributed by atoms with Crippen LogP contribution in [0.1, 0.15) is 5.69 Å². The Hall–Kier alpha value is -0.960. The summed E-state index contributed by atoms with van der Waals surface area (Å²) in [5.41, 5.74) is 0.840. The van der Waals surface area contributed by atoms with E-state index in [0.717, 1.165) is 5.69 Å². The van der Waals surface area contributed by atoms with Crippen LogP contribution in [0.25, 0.3) is 0 Å². The number of halogens is 1. The standard InChI is InChI=1S/C8H11ClNO2/c1-6-8(11-2)7(9)4-5-10(6)12-3/h4-5H,1-3H3/q+1. The largest absolute Gasteiger partial charge is 0.489 e. The monoisotopic (exact) mass is 188 g/mol. The van der Waals surface area contributed by atoms with Gasteiger partial charge in [0.2, 0.25) is 11.9 Å². The summed E-state index contributed by atoms with van der Waals surface area (Å²) in [6, 6.07) is 1.72. The van der Waals surface area contributed by atoms with Crippen molar-refractivity contribution in [2.75, 3.05) is 14.2 Å². The summed E-state index contributed by atoms with van der Waals surface area (Å²) < 4.78 is 6.67. The minimum atomic E-state index is 0.586. The number of methoxy groups -OCH3 is 1. The molecular formula is C8H11ClNO2+. The molecule has 12 heavy (non-hydrogen) atoms. The molecule has 3 nitrogen and oxygen atoms in total. The molecule has 0 bridgehead atoms. The molecule has 0 saturated carbocycles. The summed E-state index contributed by atoms with van der Waals surface area (Å²) in [5, 5.41) is 0.586. The molecule has 0 N–H and O–H groups in total. The summed E-state index contributed by atoms with van der Waals surface area (Å²) in [4.78, 5) is 5.02. The van der Waals surface area contributed by atoms with Crippen molar-refractivity contribution in [2.45, 2.75) is 6.92 Å². The molecule has 0 radical (unpaired) electrons. The highest BCUT2D eigenvalue weighted by molar-refractivity contribution is 6.32. The van der Waals surface area contributed by atoms with Crippen molar-refractivity contribution in [2.24, 2.45) is 0 Å². The summed E-state index contributed by atoms with van der Waals surface area (Å²) in [5.74, 6) is 0.640. The van der Waals surface area contributed by atoms with Gasteiger partial charge in [0, 0.05) is 17.7 Å². The summed E-state index contributed by atoms with van der Waals surface area (Å²) in [7, 11) is 3.16. The summed E-state index contributed by atoms with van der Waals surface area (Å²) >= 11 is 5.86. The van der Waals surface area contributed by atoms with Crippen LogP contribution in [-0.4, -0.2) is 14.2 Å². The van der Waals surface area contributed by atoms with Gasteiger partial charge in [-0.1, -0.05) is 11.6 Å². The lowest BCUT2D eigenvalue weighted by Gasteiger charge is -2.03. The van der Waals surface area contributed by atoms with Crippen LogP contribution in [0.3, 0.4) is 0 Å². The van der Waals surface area contributed by atoms with Gasteiger partial charge in [-0.15, -0.1) is 0 Å². The smallest absolute Gasteiger partial charge is 0.274 e. The lowest BCUT2D eigenvalue weighted by atomic mass is 10.3. The second-order valence-corrected chi connectivity index (χ2v) is 2.70. The first-order valence-corrected chi connectivity index (χ1v) is 3.87. The van der Waals surface area contributed by atoms with Crippen molar-refractivity contribution < 1.29 is 14.3 Å². The normalized spacial score (nSPS) is 9.67. The van der Waals surface area contributed by atoms with Crippen LogP contribution in [-0.2, 0) is 0 Å². The quantitative estimate of drug-likeness (QED) is 0.647. The van der Waals surface area contributed by atoms with Crippen LogP contribution in [0.5, 0.6) is 5.75 Å². The SMILES string of the molecule is COc1c(Cl)cc[n+](OC)c1C. The third-order valence-electron chi connectivity index (χ3n) is 1.63. The van der Waals surface area contributed by atoms with Crippen molar-refractivity contribution in [1.29, 1.82) is 0 Å². The van der Waals surface area contributed by atoms with Crippen LogP contribution in [0.15, 0.2) is 12.3 Å². The number of nitrogens with zero attached hydrogens (tertiary/aromatic N) is 1. The Morgan fingerprint density at radius 3 is 2.58 bits per heavy atom. The Bertz CT molecular complexity index is 289. The first-order chi connectivity index (χ1) is 5.70. The molecule has 0 aliphatic heterocycles. The molecule has 0 aliphatic carbocycles. The van der Waals surface area contributed by atoms with Crippen LogP contribution >= 0.6 is 11.6 Å². The molecule has 1 aromatic rings. The zero-order chi connectivity index (χ0) is 9.14. The number of pyridine rings is 1. The van der Waals surface area contributed by atoms with E-state index in [2.05, 4.69) is 0 Å². The minimum Gasteiger partial charge on any atom is -0.489 e. The molecule has 0 unspecified atom stereocenters. The fraction of sp³-hybridized carbons (Fsp3) is 0.375. The Labute approximate surface area is 76.4 Å². The Kier molecular flexibility index (Phi) is 2.76. The Morgan fingerprint density at radius 1 is 1.42 bits per heavy atom. The zero-order valence-electron chi connectivity index (χ0n) is 7.30. The van der Waals surface area contributed by atoms with Crippen molar-refractivity contribution in [1.82, 2.24) is 0 Å².